The molecular weight excluding hydrogens is 1090 g/mol. The first-order chi connectivity index (χ1) is 41.0. The Bertz CT molecular complexity index is 4440. The lowest BCUT2D eigenvalue weighted by Crippen LogP contribution is -2.15. The van der Waals surface area contributed by atoms with Crippen molar-refractivity contribution in [2.45, 2.75) is 101 Å². The molecule has 6 bridgehead atoms. The highest BCUT2D eigenvalue weighted by molar-refractivity contribution is 7.22. The Kier molecular flexibility index (Phi) is 11.4. The number of halogens is 2. The zero-order valence-corrected chi connectivity index (χ0v) is 45.9. The quantitative estimate of drug-likeness (QED) is 0.144. The molecule has 3 fully saturated rings. The molecule has 12 aromatic heterocycles. The number of amides is 2. The molecule has 12 aromatic rings. The molecule has 84 heavy (non-hydrogen) atoms. The summed E-state index contributed by atoms with van der Waals surface area (Å²) in [6.07, 6.45) is 20.3. The number of imidazole rings is 3. The minimum Gasteiger partial charge on any atom is -0.363 e. The molecule has 4 N–H and O–H groups in total. The van der Waals surface area contributed by atoms with Crippen LogP contribution in [-0.4, -0.2) is 89.6 Å². The van der Waals surface area contributed by atoms with Crippen LogP contribution in [-0.2, 0) is 0 Å². The van der Waals surface area contributed by atoms with Gasteiger partial charge in [-0.2, -0.15) is 0 Å². The number of rotatable bonds is 8. The number of aryl methyl sites for hydroxylation is 1. The van der Waals surface area contributed by atoms with Crippen LogP contribution in [0.1, 0.15) is 138 Å². The monoisotopic (exact) mass is 1140 g/mol. The van der Waals surface area contributed by atoms with Gasteiger partial charge in [-0.1, -0.05) is 6.07 Å². The van der Waals surface area contributed by atoms with Crippen molar-refractivity contribution in [1.29, 1.82) is 0 Å². The van der Waals surface area contributed by atoms with Crippen LogP contribution in [0, 0.1) is 18.6 Å². The molecular formula is C61H50F2N18O2S. The van der Waals surface area contributed by atoms with Crippen molar-refractivity contribution in [3.63, 3.8) is 0 Å². The largest absolute Gasteiger partial charge is 0.363 e. The van der Waals surface area contributed by atoms with Gasteiger partial charge in [0.1, 0.15) is 46.2 Å². The Labute approximate surface area is 480 Å². The number of carbonyl (C=O) groups is 2. The maximum atomic E-state index is 13.4. The van der Waals surface area contributed by atoms with Crippen molar-refractivity contribution in [3.8, 4) is 67.2 Å². The summed E-state index contributed by atoms with van der Waals surface area (Å²) in [7, 11) is 0. The summed E-state index contributed by atoms with van der Waals surface area (Å²) < 4.78 is 38.4. The smallest absolute Gasteiger partial charge is 0.287 e. The number of hydrogen-bond donors (Lipinski definition) is 2. The Morgan fingerprint density at radius 2 is 1.05 bits per heavy atom. The van der Waals surface area contributed by atoms with Crippen LogP contribution in [0.5, 0.6) is 0 Å². The average Bonchev–Trinajstić information content (AvgIpc) is 2.30. The highest BCUT2D eigenvalue weighted by Crippen LogP contribution is 2.56. The molecule has 6 aliphatic rings. The lowest BCUT2D eigenvalue weighted by atomic mass is 10.1. The van der Waals surface area contributed by atoms with Crippen molar-refractivity contribution in [2.75, 3.05) is 0 Å². The lowest BCUT2D eigenvalue weighted by Gasteiger charge is -2.17. The molecule has 2 unspecified atom stereocenters. The van der Waals surface area contributed by atoms with Gasteiger partial charge >= 0.3 is 0 Å². The number of aromatic nitrogens is 16. The van der Waals surface area contributed by atoms with Gasteiger partial charge in [-0.05, 0) is 138 Å². The molecule has 3 aliphatic carbocycles. The Morgan fingerprint density at radius 3 is 1.51 bits per heavy atom. The molecule has 2 amide bonds. The van der Waals surface area contributed by atoms with Crippen LogP contribution >= 0.6 is 11.3 Å². The van der Waals surface area contributed by atoms with Crippen LogP contribution in [0.15, 0.2) is 116 Å². The number of carbonyl (C=O) groups excluding carboxylic acids is 2. The average molecular weight is 1140 g/mol. The molecule has 3 saturated carbocycles. The molecule has 416 valence electrons. The van der Waals surface area contributed by atoms with E-state index in [1.54, 1.807) is 45.5 Å². The van der Waals surface area contributed by atoms with Gasteiger partial charge in [-0.15, -0.1) is 31.7 Å². The van der Waals surface area contributed by atoms with Gasteiger partial charge in [0, 0.05) is 87.6 Å². The number of nitrogens with two attached hydrogens (primary N) is 2. The fourth-order valence-corrected chi connectivity index (χ4v) is 15.1. The van der Waals surface area contributed by atoms with Gasteiger partial charge in [0.15, 0.2) is 11.3 Å². The van der Waals surface area contributed by atoms with Crippen LogP contribution in [0.2, 0.25) is 0 Å². The van der Waals surface area contributed by atoms with Crippen LogP contribution < -0.4 is 11.5 Å². The van der Waals surface area contributed by atoms with Gasteiger partial charge < -0.3 is 25.2 Å². The van der Waals surface area contributed by atoms with Crippen molar-refractivity contribution in [1.82, 2.24) is 77.8 Å². The summed E-state index contributed by atoms with van der Waals surface area (Å²) >= 11 is 1.83. The van der Waals surface area contributed by atoms with E-state index >= 15 is 0 Å². The molecule has 0 aromatic carbocycles. The van der Waals surface area contributed by atoms with E-state index in [0.29, 0.717) is 69.9 Å². The zero-order valence-electron chi connectivity index (χ0n) is 45.1. The van der Waals surface area contributed by atoms with Crippen molar-refractivity contribution in [3.05, 3.63) is 162 Å². The van der Waals surface area contributed by atoms with E-state index in [0.717, 1.165) is 89.8 Å². The second-order valence-electron chi connectivity index (χ2n) is 22.6. The SMILES string of the molecule is Cc1cccc(-c2nc3n(c2-c2cc4cnccc4s2)C2CCC3C2)n1.NC(=O)c1nnc2ccc(-c3c(-c4ccc(F)cn4)nc4n3[C@@H]3CC[C@H]4C3)cn12.NC(=O)c1nnc2ccc(-c3c(-c4ccc(F)cn4)nc4n3[C@H]3CC[C@@H]4C3)cn12. The second-order valence-corrected chi connectivity index (χ2v) is 23.7. The van der Waals surface area contributed by atoms with Gasteiger partial charge in [0.25, 0.3) is 11.8 Å². The number of pyridine rings is 6. The zero-order chi connectivity index (χ0) is 56.6. The molecule has 18 rings (SSSR count). The third-order valence-corrected chi connectivity index (χ3v) is 18.8. The van der Waals surface area contributed by atoms with Crippen LogP contribution in [0.4, 0.5) is 8.78 Å². The molecule has 0 spiro atoms. The lowest BCUT2D eigenvalue weighted by molar-refractivity contribution is 0.0981. The van der Waals surface area contributed by atoms with E-state index in [9.17, 15) is 18.4 Å². The Balaban J connectivity index is 0.000000103. The topological polar surface area (TPSA) is 252 Å². The first-order valence-electron chi connectivity index (χ1n) is 28.2. The highest BCUT2D eigenvalue weighted by Gasteiger charge is 2.44. The molecule has 15 heterocycles. The van der Waals surface area contributed by atoms with Gasteiger partial charge in [0.2, 0.25) is 11.6 Å². The number of nitrogens with zero attached hydrogens (tertiary/aromatic N) is 16. The second kappa shape index (κ2) is 19.2. The predicted octanol–water partition coefficient (Wildman–Crippen LogP) is 10.8. The van der Waals surface area contributed by atoms with Crippen LogP contribution in [0.3, 0.4) is 0 Å². The van der Waals surface area contributed by atoms with Gasteiger partial charge in [-0.3, -0.25) is 38.3 Å². The minimum absolute atomic E-state index is 0.0750. The van der Waals surface area contributed by atoms with Crippen molar-refractivity contribution in [2.24, 2.45) is 11.5 Å². The van der Waals surface area contributed by atoms with Crippen molar-refractivity contribution >= 4 is 44.5 Å². The summed E-state index contributed by atoms with van der Waals surface area (Å²) in [4.78, 5) is 57.3. The Hall–Kier alpha value is -9.77. The van der Waals surface area contributed by atoms with Gasteiger partial charge in [-0.25, -0.2) is 23.7 Å². The third-order valence-electron chi connectivity index (χ3n) is 17.6. The summed E-state index contributed by atoms with van der Waals surface area (Å²) in [5.74, 6) is 2.95. The van der Waals surface area contributed by atoms with E-state index in [1.165, 1.54) is 70.3 Å². The third kappa shape index (κ3) is 7.99. The van der Waals surface area contributed by atoms with E-state index in [-0.39, 0.29) is 23.3 Å². The molecule has 6 atom stereocenters. The minimum atomic E-state index is -0.646. The number of primary amides is 2. The maximum absolute atomic E-state index is 13.4. The maximum Gasteiger partial charge on any atom is 0.287 e. The van der Waals surface area contributed by atoms with E-state index < -0.39 is 11.8 Å². The molecule has 3 aliphatic heterocycles. The number of hydrogen-bond acceptors (Lipinski definition) is 14. The van der Waals surface area contributed by atoms with E-state index in [4.69, 9.17) is 31.4 Å². The standard InChI is InChI=1S/C21H18N4S.2C20H16FN7O/c1-12-3-2-4-16(23-12)19-20(18-10-14-11-22-8-7-17(14)26-18)25-15-6-5-13(9-15)21(25)24-19;2*21-12-3-5-14(23-8-12)16-17(28-13-4-1-10(7-13)19(28)24-16)11-2-6-15-25-26-20(18(22)29)27(15)9-11/h2-4,7-8,10-11,13,15H,5-6,9H2,1H3;2*2-3,5-6,8-10,13H,1,4,7H2,(H2,22,29)/t;2*10-,13+/m.10/s1. The highest BCUT2D eigenvalue weighted by atomic mass is 32.1. The first-order valence-corrected chi connectivity index (χ1v) is 29.0. The summed E-state index contributed by atoms with van der Waals surface area (Å²) in [6.45, 7) is 2.04. The molecule has 20 nitrogen and oxygen atoms in total. The van der Waals surface area contributed by atoms with Crippen molar-refractivity contribution < 1.29 is 18.4 Å². The summed E-state index contributed by atoms with van der Waals surface area (Å²) in [5.41, 5.74) is 22.5. The fraction of sp³-hybridized carbons (Fsp3) is 0.262. The summed E-state index contributed by atoms with van der Waals surface area (Å²) in [6, 6.07) is 25.5. The van der Waals surface area contributed by atoms with E-state index in [2.05, 4.69) is 73.3 Å². The molecule has 0 saturated heterocycles. The molecule has 23 heteroatoms. The Morgan fingerprint density at radius 1 is 0.548 bits per heavy atom. The fourth-order valence-electron chi connectivity index (χ4n) is 14.0. The van der Waals surface area contributed by atoms with Gasteiger partial charge in [0.05, 0.1) is 51.4 Å². The predicted molar refractivity (Wildman–Crippen MR) is 308 cm³/mol. The van der Waals surface area contributed by atoms with E-state index in [1.807, 2.05) is 48.9 Å². The number of fused-ring (bicyclic) bond motifs is 18. The normalized spacial score (nSPS) is 20.1. The number of thiophene rings is 1. The first kappa shape index (κ1) is 50.0. The van der Waals surface area contributed by atoms with Crippen LogP contribution in [0.25, 0.3) is 88.6 Å². The molecule has 0 radical (unpaired) electrons. The summed E-state index contributed by atoms with van der Waals surface area (Å²) in [5, 5.41) is 17.0.